The van der Waals surface area contributed by atoms with Crippen LogP contribution in [0.2, 0.25) is 0 Å². The summed E-state index contributed by atoms with van der Waals surface area (Å²) in [5, 5.41) is 0. The molecule has 1 rings (SSSR count). The van der Waals surface area contributed by atoms with Gasteiger partial charge in [0, 0.05) is 5.92 Å². The second-order valence-electron chi connectivity index (χ2n) is 3.13. The van der Waals surface area contributed by atoms with Crippen LogP contribution in [-0.2, 0) is 14.4 Å². The molecule has 0 bridgehead atoms. The second kappa shape index (κ2) is 3.42. The molecule has 0 saturated heterocycles. The van der Waals surface area contributed by atoms with E-state index in [4.69, 9.17) is 0 Å². The molecule has 6 heteroatoms. The molecule has 2 unspecified atom stereocenters. The number of nitrogens with two attached hydrogens (primary N) is 1. The Morgan fingerprint density at radius 3 is 2.23 bits per heavy atom. The van der Waals surface area contributed by atoms with Crippen LogP contribution >= 0.6 is 0 Å². The van der Waals surface area contributed by atoms with E-state index in [-0.39, 0.29) is 11.8 Å². The van der Waals surface area contributed by atoms with Crippen LogP contribution < -0.4 is 16.6 Å². The molecule has 1 aliphatic carbocycles. The van der Waals surface area contributed by atoms with Gasteiger partial charge in [0.1, 0.15) is 0 Å². The number of hydrazine groups is 1. The van der Waals surface area contributed by atoms with E-state index in [1.54, 1.807) is 0 Å². The summed E-state index contributed by atoms with van der Waals surface area (Å²) in [6.07, 6.45) is 0.818. The van der Waals surface area contributed by atoms with E-state index in [2.05, 4.69) is 11.2 Å². The first kappa shape index (κ1) is 9.50. The highest BCUT2D eigenvalue weighted by molar-refractivity contribution is 6.34. The van der Waals surface area contributed by atoms with E-state index in [0.29, 0.717) is 5.92 Å². The summed E-state index contributed by atoms with van der Waals surface area (Å²) in [5.74, 6) is -2.11. The van der Waals surface area contributed by atoms with Crippen molar-refractivity contribution in [2.75, 3.05) is 0 Å². The van der Waals surface area contributed by atoms with Crippen LogP contribution in [0.1, 0.15) is 13.3 Å². The van der Waals surface area contributed by atoms with Gasteiger partial charge in [0.2, 0.25) is 5.91 Å². The zero-order valence-corrected chi connectivity index (χ0v) is 7.16. The van der Waals surface area contributed by atoms with Crippen molar-refractivity contribution in [3.05, 3.63) is 0 Å². The Labute approximate surface area is 74.8 Å². The maximum Gasteiger partial charge on any atom is 0.327 e. The molecule has 0 radical (unpaired) electrons. The Morgan fingerprint density at radius 1 is 1.31 bits per heavy atom. The van der Waals surface area contributed by atoms with Gasteiger partial charge in [-0.1, -0.05) is 6.92 Å². The molecule has 0 spiro atoms. The van der Waals surface area contributed by atoms with E-state index in [1.807, 2.05) is 12.3 Å². The zero-order valence-electron chi connectivity index (χ0n) is 7.16. The lowest BCUT2D eigenvalue weighted by Crippen LogP contribution is -2.47. The number of hydrogen-bond donors (Lipinski definition) is 3. The zero-order chi connectivity index (χ0) is 10.0. The third-order valence-electron chi connectivity index (χ3n) is 1.97. The average Bonchev–Trinajstić information content (AvgIpc) is 2.77. The van der Waals surface area contributed by atoms with Crippen molar-refractivity contribution >= 4 is 17.7 Å². The van der Waals surface area contributed by atoms with E-state index in [0.717, 1.165) is 6.42 Å². The summed E-state index contributed by atoms with van der Waals surface area (Å²) in [6.45, 7) is 1.93. The number of hydrogen-bond acceptors (Lipinski definition) is 3. The van der Waals surface area contributed by atoms with Gasteiger partial charge in [-0.25, -0.2) is 0 Å². The molecule has 1 aliphatic rings. The standard InChI is InChI=1S/C7H11N3O3/c1-3-2-4(3)6(12)9-10-7(13)5(8)11/h3-4H,2H2,1H3,(H2,8,11)(H,9,12)(H,10,13). The second-order valence-corrected chi connectivity index (χ2v) is 3.13. The van der Waals surface area contributed by atoms with Crippen LogP contribution in [0.15, 0.2) is 0 Å². The molecular weight excluding hydrogens is 174 g/mol. The number of carbonyl (C=O) groups is 3. The average molecular weight is 185 g/mol. The molecule has 3 amide bonds. The predicted molar refractivity (Wildman–Crippen MR) is 42.8 cm³/mol. The van der Waals surface area contributed by atoms with Gasteiger partial charge in [0.05, 0.1) is 0 Å². The molecular formula is C7H11N3O3. The molecule has 1 saturated carbocycles. The number of carbonyl (C=O) groups excluding carboxylic acids is 3. The summed E-state index contributed by atoms with van der Waals surface area (Å²) in [5.41, 5.74) is 8.67. The van der Waals surface area contributed by atoms with E-state index >= 15 is 0 Å². The smallest absolute Gasteiger partial charge is 0.327 e. The lowest BCUT2D eigenvalue weighted by atomic mass is 10.3. The SMILES string of the molecule is CC1CC1C(=O)NNC(=O)C(N)=O. The first-order valence-electron chi connectivity index (χ1n) is 3.92. The molecule has 13 heavy (non-hydrogen) atoms. The lowest BCUT2D eigenvalue weighted by molar-refractivity contribution is -0.139. The molecule has 0 aliphatic heterocycles. The number of rotatable bonds is 1. The fraction of sp³-hybridized carbons (Fsp3) is 0.571. The highest BCUT2D eigenvalue weighted by Crippen LogP contribution is 2.37. The molecule has 0 aromatic rings. The molecule has 72 valence electrons. The summed E-state index contributed by atoms with van der Waals surface area (Å²) >= 11 is 0. The highest BCUT2D eigenvalue weighted by atomic mass is 16.2. The largest absolute Gasteiger partial charge is 0.361 e. The molecule has 0 aromatic heterocycles. The maximum atomic E-state index is 11.1. The minimum absolute atomic E-state index is 0.0480. The Morgan fingerprint density at radius 2 is 1.85 bits per heavy atom. The summed E-state index contributed by atoms with van der Waals surface area (Å²) in [4.78, 5) is 31.9. The van der Waals surface area contributed by atoms with Crippen LogP contribution in [0, 0.1) is 11.8 Å². The fourth-order valence-electron chi connectivity index (χ4n) is 0.960. The molecule has 4 N–H and O–H groups in total. The van der Waals surface area contributed by atoms with Crippen LogP contribution in [0.4, 0.5) is 0 Å². The fourth-order valence-corrected chi connectivity index (χ4v) is 0.960. The van der Waals surface area contributed by atoms with Crippen molar-refractivity contribution in [1.82, 2.24) is 10.9 Å². The van der Waals surface area contributed by atoms with Gasteiger partial charge in [-0.15, -0.1) is 0 Å². The van der Waals surface area contributed by atoms with E-state index in [9.17, 15) is 14.4 Å². The number of primary amides is 1. The van der Waals surface area contributed by atoms with E-state index < -0.39 is 11.8 Å². The number of nitrogens with one attached hydrogen (secondary N) is 2. The van der Waals surface area contributed by atoms with Crippen molar-refractivity contribution in [3.8, 4) is 0 Å². The van der Waals surface area contributed by atoms with Gasteiger partial charge < -0.3 is 5.73 Å². The Balaban J connectivity index is 2.23. The molecule has 2 atom stereocenters. The van der Waals surface area contributed by atoms with Crippen molar-refractivity contribution in [2.24, 2.45) is 17.6 Å². The molecule has 0 heterocycles. The Bertz CT molecular complexity index is 264. The third-order valence-corrected chi connectivity index (χ3v) is 1.97. The molecule has 1 fully saturated rings. The quantitative estimate of drug-likeness (QED) is 0.334. The summed E-state index contributed by atoms with van der Waals surface area (Å²) < 4.78 is 0. The first-order valence-corrected chi connectivity index (χ1v) is 3.92. The monoisotopic (exact) mass is 185 g/mol. The van der Waals surface area contributed by atoms with Crippen LogP contribution in [-0.4, -0.2) is 17.7 Å². The van der Waals surface area contributed by atoms with Crippen molar-refractivity contribution in [3.63, 3.8) is 0 Å². The van der Waals surface area contributed by atoms with E-state index in [1.165, 1.54) is 0 Å². The minimum atomic E-state index is -1.12. The molecule has 0 aromatic carbocycles. The lowest BCUT2D eigenvalue weighted by Gasteiger charge is -2.03. The summed E-state index contributed by atoms with van der Waals surface area (Å²) in [6, 6.07) is 0. The van der Waals surface area contributed by atoms with Crippen LogP contribution in [0.5, 0.6) is 0 Å². The highest BCUT2D eigenvalue weighted by Gasteiger charge is 2.39. The van der Waals surface area contributed by atoms with Gasteiger partial charge in [-0.05, 0) is 12.3 Å². The summed E-state index contributed by atoms with van der Waals surface area (Å²) in [7, 11) is 0. The van der Waals surface area contributed by atoms with Gasteiger partial charge in [-0.2, -0.15) is 0 Å². The first-order chi connectivity index (χ1) is 6.02. The maximum absolute atomic E-state index is 11.1. The third kappa shape index (κ3) is 2.43. The van der Waals surface area contributed by atoms with Crippen molar-refractivity contribution in [1.29, 1.82) is 0 Å². The van der Waals surface area contributed by atoms with Crippen molar-refractivity contribution < 1.29 is 14.4 Å². The molecule has 6 nitrogen and oxygen atoms in total. The van der Waals surface area contributed by atoms with Gasteiger partial charge in [-0.3, -0.25) is 25.2 Å². The topological polar surface area (TPSA) is 101 Å². The van der Waals surface area contributed by atoms with Gasteiger partial charge in [0.25, 0.3) is 0 Å². The van der Waals surface area contributed by atoms with Crippen LogP contribution in [0.3, 0.4) is 0 Å². The predicted octanol–water partition coefficient (Wildman–Crippen LogP) is -1.72. The number of amides is 3. The van der Waals surface area contributed by atoms with Gasteiger partial charge in [0.15, 0.2) is 0 Å². The Hall–Kier alpha value is -1.59. The van der Waals surface area contributed by atoms with Crippen molar-refractivity contribution in [2.45, 2.75) is 13.3 Å². The van der Waals surface area contributed by atoms with Gasteiger partial charge >= 0.3 is 11.8 Å². The Kier molecular flexibility index (Phi) is 2.50. The minimum Gasteiger partial charge on any atom is -0.361 e. The van der Waals surface area contributed by atoms with Crippen LogP contribution in [0.25, 0.3) is 0 Å². The normalized spacial score (nSPS) is 24.7.